The summed E-state index contributed by atoms with van der Waals surface area (Å²) in [5.41, 5.74) is 3.46. The zero-order chi connectivity index (χ0) is 23.0. The fourth-order valence-corrected chi connectivity index (χ4v) is 4.13. The number of aromatic nitrogens is 1. The molecule has 0 atom stereocenters. The quantitative estimate of drug-likeness (QED) is 0.541. The summed E-state index contributed by atoms with van der Waals surface area (Å²) in [6.07, 6.45) is 5.18. The van der Waals surface area contributed by atoms with E-state index in [4.69, 9.17) is 11.6 Å². The molecule has 1 fully saturated rings. The van der Waals surface area contributed by atoms with Crippen LogP contribution in [-0.2, 0) is 17.9 Å². The van der Waals surface area contributed by atoms with Crippen molar-refractivity contribution < 1.29 is 9.59 Å². The second kappa shape index (κ2) is 11.1. The van der Waals surface area contributed by atoms with Gasteiger partial charge in [0.2, 0.25) is 5.91 Å². The number of nitrogens with one attached hydrogen (secondary N) is 2. The molecule has 170 valence electrons. The summed E-state index contributed by atoms with van der Waals surface area (Å²) in [6, 6.07) is 18.6. The van der Waals surface area contributed by atoms with Crippen molar-refractivity contribution in [2.45, 2.75) is 25.9 Å². The molecular formula is C26H27ClN4O2. The summed E-state index contributed by atoms with van der Waals surface area (Å²) in [5.74, 6) is -0.00439. The number of carbonyl (C=O) groups is 2. The van der Waals surface area contributed by atoms with E-state index in [1.54, 1.807) is 36.7 Å². The van der Waals surface area contributed by atoms with E-state index in [0.29, 0.717) is 17.1 Å². The molecular weight excluding hydrogens is 436 g/mol. The van der Waals surface area contributed by atoms with Crippen LogP contribution in [0.1, 0.15) is 34.3 Å². The molecule has 0 unspecified atom stereocenters. The Morgan fingerprint density at radius 3 is 2.48 bits per heavy atom. The number of anilines is 1. The Hall–Kier alpha value is -3.22. The first-order valence-electron chi connectivity index (χ1n) is 11.1. The predicted octanol–water partition coefficient (Wildman–Crippen LogP) is 4.52. The van der Waals surface area contributed by atoms with Crippen LogP contribution in [0.25, 0.3) is 0 Å². The molecule has 2 aromatic carbocycles. The minimum atomic E-state index is -0.165. The van der Waals surface area contributed by atoms with Gasteiger partial charge >= 0.3 is 0 Å². The van der Waals surface area contributed by atoms with Gasteiger partial charge in [-0.15, -0.1) is 0 Å². The Balaban J connectivity index is 1.25. The minimum absolute atomic E-state index is 0.0444. The van der Waals surface area contributed by atoms with Crippen LogP contribution >= 0.6 is 11.6 Å². The normalized spacial score (nSPS) is 14.6. The molecule has 1 aliphatic heterocycles. The molecule has 0 aliphatic carbocycles. The Labute approximate surface area is 199 Å². The molecule has 1 saturated heterocycles. The molecule has 0 radical (unpaired) electrons. The summed E-state index contributed by atoms with van der Waals surface area (Å²) in [7, 11) is 0. The van der Waals surface area contributed by atoms with E-state index in [2.05, 4.69) is 26.6 Å². The summed E-state index contributed by atoms with van der Waals surface area (Å²) >= 11 is 5.90. The Kier molecular flexibility index (Phi) is 7.70. The highest BCUT2D eigenvalue weighted by Gasteiger charge is 2.24. The first-order valence-corrected chi connectivity index (χ1v) is 11.5. The third-order valence-electron chi connectivity index (χ3n) is 5.85. The maximum atomic E-state index is 12.5. The summed E-state index contributed by atoms with van der Waals surface area (Å²) in [6.45, 7) is 3.04. The van der Waals surface area contributed by atoms with E-state index in [1.165, 1.54) is 0 Å². The van der Waals surface area contributed by atoms with E-state index in [-0.39, 0.29) is 17.7 Å². The third-order valence-corrected chi connectivity index (χ3v) is 6.10. The van der Waals surface area contributed by atoms with Gasteiger partial charge in [0, 0.05) is 47.7 Å². The Morgan fingerprint density at radius 2 is 1.76 bits per heavy atom. The third kappa shape index (κ3) is 6.63. The molecule has 2 amide bonds. The zero-order valence-electron chi connectivity index (χ0n) is 18.3. The lowest BCUT2D eigenvalue weighted by Crippen LogP contribution is -2.40. The van der Waals surface area contributed by atoms with Gasteiger partial charge in [0.15, 0.2) is 0 Å². The number of halogens is 1. The lowest BCUT2D eigenvalue weighted by Gasteiger charge is -2.31. The fourth-order valence-electron chi connectivity index (χ4n) is 4.00. The first-order chi connectivity index (χ1) is 16.1. The summed E-state index contributed by atoms with van der Waals surface area (Å²) in [5, 5.41) is 6.58. The van der Waals surface area contributed by atoms with Gasteiger partial charge in [0.25, 0.3) is 5.91 Å². The van der Waals surface area contributed by atoms with Crippen molar-refractivity contribution in [3.05, 3.63) is 94.8 Å². The number of amides is 2. The topological polar surface area (TPSA) is 74.3 Å². The predicted molar refractivity (Wildman–Crippen MR) is 130 cm³/mol. The van der Waals surface area contributed by atoms with E-state index in [0.717, 1.165) is 49.3 Å². The van der Waals surface area contributed by atoms with Crippen LogP contribution in [0.5, 0.6) is 0 Å². The van der Waals surface area contributed by atoms with Crippen LogP contribution < -0.4 is 10.6 Å². The monoisotopic (exact) mass is 462 g/mol. The molecule has 0 bridgehead atoms. The molecule has 2 heterocycles. The fraction of sp³-hybridized carbons (Fsp3) is 0.269. The van der Waals surface area contributed by atoms with Gasteiger partial charge in [0.05, 0.1) is 0 Å². The molecule has 6 nitrogen and oxygen atoms in total. The lowest BCUT2D eigenvalue weighted by molar-refractivity contribution is -0.126. The standard InChI is InChI=1S/C26H27ClN4O2/c27-23-8-6-21(7-9-23)26(33)30-24-5-1-3-19(15-24)18-31-13-10-22(11-14-31)25(32)29-17-20-4-2-12-28-16-20/h1-9,12,15-16,22H,10-11,13-14,17-18H2,(H,29,32)(H,30,33). The van der Waals surface area contributed by atoms with Gasteiger partial charge in [-0.3, -0.25) is 19.5 Å². The molecule has 3 aromatic rings. The molecule has 0 saturated carbocycles. The second-order valence-electron chi connectivity index (χ2n) is 8.29. The maximum absolute atomic E-state index is 12.5. The molecule has 7 heteroatoms. The van der Waals surface area contributed by atoms with Crippen molar-refractivity contribution in [1.29, 1.82) is 0 Å². The first kappa shape index (κ1) is 23.0. The molecule has 0 spiro atoms. The van der Waals surface area contributed by atoms with Crippen LogP contribution in [0.15, 0.2) is 73.1 Å². The number of pyridine rings is 1. The SMILES string of the molecule is O=C(Nc1cccc(CN2CCC(C(=O)NCc3cccnc3)CC2)c1)c1ccc(Cl)cc1. The largest absolute Gasteiger partial charge is 0.352 e. The van der Waals surface area contributed by atoms with Gasteiger partial charge in [-0.1, -0.05) is 29.8 Å². The smallest absolute Gasteiger partial charge is 0.255 e. The summed E-state index contributed by atoms with van der Waals surface area (Å²) in [4.78, 5) is 31.4. The van der Waals surface area contributed by atoms with Crippen molar-refractivity contribution in [1.82, 2.24) is 15.2 Å². The zero-order valence-corrected chi connectivity index (χ0v) is 19.1. The number of carbonyl (C=O) groups excluding carboxylic acids is 2. The highest BCUT2D eigenvalue weighted by atomic mass is 35.5. The summed E-state index contributed by atoms with van der Waals surface area (Å²) < 4.78 is 0. The van der Waals surface area contributed by atoms with Crippen molar-refractivity contribution in [3.8, 4) is 0 Å². The molecule has 1 aliphatic rings. The van der Waals surface area contributed by atoms with Gasteiger partial charge in [-0.2, -0.15) is 0 Å². The minimum Gasteiger partial charge on any atom is -0.352 e. The van der Waals surface area contributed by atoms with Crippen molar-refractivity contribution >= 4 is 29.1 Å². The average Bonchev–Trinajstić information content (AvgIpc) is 2.84. The molecule has 1 aromatic heterocycles. The maximum Gasteiger partial charge on any atom is 0.255 e. The Bertz CT molecular complexity index is 1080. The van der Waals surface area contributed by atoms with Crippen molar-refractivity contribution in [3.63, 3.8) is 0 Å². The van der Waals surface area contributed by atoms with Gasteiger partial charge < -0.3 is 10.6 Å². The number of nitrogens with zero attached hydrogens (tertiary/aromatic N) is 2. The second-order valence-corrected chi connectivity index (χ2v) is 8.73. The van der Waals surface area contributed by atoms with Gasteiger partial charge in [-0.05, 0) is 79.5 Å². The number of hydrogen-bond acceptors (Lipinski definition) is 4. The number of hydrogen-bond donors (Lipinski definition) is 2. The Morgan fingerprint density at radius 1 is 1.00 bits per heavy atom. The van der Waals surface area contributed by atoms with E-state index in [1.807, 2.05) is 30.3 Å². The van der Waals surface area contributed by atoms with E-state index in [9.17, 15) is 9.59 Å². The van der Waals surface area contributed by atoms with Crippen LogP contribution in [0.2, 0.25) is 5.02 Å². The molecule has 33 heavy (non-hydrogen) atoms. The van der Waals surface area contributed by atoms with Crippen molar-refractivity contribution in [2.24, 2.45) is 5.92 Å². The van der Waals surface area contributed by atoms with Gasteiger partial charge in [-0.25, -0.2) is 0 Å². The van der Waals surface area contributed by atoms with Gasteiger partial charge in [0.1, 0.15) is 0 Å². The number of likely N-dealkylation sites (tertiary alicyclic amines) is 1. The lowest BCUT2D eigenvalue weighted by atomic mass is 9.95. The van der Waals surface area contributed by atoms with E-state index >= 15 is 0 Å². The molecule has 2 N–H and O–H groups in total. The van der Waals surface area contributed by atoms with Crippen LogP contribution in [0, 0.1) is 5.92 Å². The van der Waals surface area contributed by atoms with Crippen LogP contribution in [0.4, 0.5) is 5.69 Å². The van der Waals surface area contributed by atoms with Crippen LogP contribution in [-0.4, -0.2) is 34.8 Å². The average molecular weight is 463 g/mol. The molecule has 4 rings (SSSR count). The highest BCUT2D eigenvalue weighted by Crippen LogP contribution is 2.21. The van der Waals surface area contributed by atoms with Crippen molar-refractivity contribution in [2.75, 3.05) is 18.4 Å². The number of benzene rings is 2. The highest BCUT2D eigenvalue weighted by molar-refractivity contribution is 6.30. The van der Waals surface area contributed by atoms with E-state index < -0.39 is 0 Å². The number of rotatable bonds is 7. The number of piperidine rings is 1. The van der Waals surface area contributed by atoms with Crippen LogP contribution in [0.3, 0.4) is 0 Å².